The zero-order valence-electron chi connectivity index (χ0n) is 12.4. The van der Waals surface area contributed by atoms with Gasteiger partial charge < -0.3 is 15.0 Å². The van der Waals surface area contributed by atoms with E-state index in [2.05, 4.69) is 21.3 Å². The van der Waals surface area contributed by atoms with E-state index in [9.17, 15) is 9.59 Å². The van der Waals surface area contributed by atoms with E-state index in [1.165, 1.54) is 4.90 Å². The maximum Gasteiger partial charge on any atom is 0.325 e. The van der Waals surface area contributed by atoms with Gasteiger partial charge in [0.1, 0.15) is 24.2 Å². The molecule has 0 radical (unpaired) electrons. The molecule has 1 aromatic rings. The lowest BCUT2D eigenvalue weighted by molar-refractivity contribution is -0.124. The number of carbonyl (C=O) groups excluding carboxylic acids is 2. The maximum atomic E-state index is 11.8. The number of anilines is 1. The molecular formula is C14H19N5O3. The van der Waals surface area contributed by atoms with Crippen LogP contribution in [0.5, 0.6) is 5.75 Å². The number of imide groups is 1. The first kappa shape index (κ1) is 14.6. The van der Waals surface area contributed by atoms with Gasteiger partial charge in [-0.2, -0.15) is 0 Å². The van der Waals surface area contributed by atoms with Crippen LogP contribution in [0.3, 0.4) is 0 Å². The molecule has 3 amide bonds. The summed E-state index contributed by atoms with van der Waals surface area (Å²) in [7, 11) is 1.65. The fraction of sp³-hybridized carbons (Fsp3) is 0.429. The standard InChI is InChI=1S/C14H19N5O3/c1-3-22-9-6-4-8(5-7-9)15-13-16-10-11(17-13)19(2)14(21)18-12(10)20/h4-7,10-11,13,15-17H,3H2,1-2H3,(H,18,20,21). The third kappa shape index (κ3) is 2.70. The summed E-state index contributed by atoms with van der Waals surface area (Å²) in [5, 5.41) is 11.8. The normalized spacial score (nSPS) is 27.4. The van der Waals surface area contributed by atoms with Crippen molar-refractivity contribution >= 4 is 17.6 Å². The van der Waals surface area contributed by atoms with Crippen molar-refractivity contribution in [3.05, 3.63) is 24.3 Å². The molecule has 8 heteroatoms. The Morgan fingerprint density at radius 2 is 1.95 bits per heavy atom. The van der Waals surface area contributed by atoms with Gasteiger partial charge in [0.2, 0.25) is 5.91 Å². The van der Waals surface area contributed by atoms with Gasteiger partial charge in [0, 0.05) is 12.7 Å². The van der Waals surface area contributed by atoms with Gasteiger partial charge in [-0.1, -0.05) is 0 Å². The minimum absolute atomic E-state index is 0.313. The number of hydrogen-bond acceptors (Lipinski definition) is 6. The van der Waals surface area contributed by atoms with Crippen molar-refractivity contribution in [3.63, 3.8) is 0 Å². The summed E-state index contributed by atoms with van der Waals surface area (Å²) in [5.41, 5.74) is 0.876. The smallest absolute Gasteiger partial charge is 0.325 e. The molecule has 3 rings (SSSR count). The van der Waals surface area contributed by atoms with Crippen molar-refractivity contribution in [3.8, 4) is 5.75 Å². The fourth-order valence-electron chi connectivity index (χ4n) is 2.60. The molecule has 2 fully saturated rings. The number of nitrogens with one attached hydrogen (secondary N) is 4. The highest BCUT2D eigenvalue weighted by molar-refractivity contribution is 6.00. The molecule has 2 aliphatic rings. The molecule has 3 atom stereocenters. The second kappa shape index (κ2) is 5.82. The molecule has 0 bridgehead atoms. The Kier molecular flexibility index (Phi) is 3.86. The van der Waals surface area contributed by atoms with Gasteiger partial charge in [-0.3, -0.25) is 20.7 Å². The second-order valence-electron chi connectivity index (χ2n) is 5.20. The number of nitrogens with zero attached hydrogens (tertiary/aromatic N) is 1. The van der Waals surface area contributed by atoms with Crippen molar-refractivity contribution < 1.29 is 14.3 Å². The van der Waals surface area contributed by atoms with E-state index in [0.717, 1.165) is 11.4 Å². The lowest BCUT2D eigenvalue weighted by Gasteiger charge is -2.32. The molecule has 118 valence electrons. The quantitative estimate of drug-likeness (QED) is 0.618. The average molecular weight is 305 g/mol. The summed E-state index contributed by atoms with van der Waals surface area (Å²) in [6.45, 7) is 2.56. The minimum Gasteiger partial charge on any atom is -0.494 e. The van der Waals surface area contributed by atoms with Gasteiger partial charge >= 0.3 is 6.03 Å². The number of ether oxygens (including phenoxy) is 1. The molecule has 1 aromatic carbocycles. The molecular weight excluding hydrogens is 286 g/mol. The maximum absolute atomic E-state index is 11.8. The van der Waals surface area contributed by atoms with E-state index in [4.69, 9.17) is 4.74 Å². The molecule has 2 aliphatic heterocycles. The van der Waals surface area contributed by atoms with Crippen molar-refractivity contribution in [2.45, 2.75) is 25.4 Å². The van der Waals surface area contributed by atoms with E-state index in [1.54, 1.807) is 7.05 Å². The Balaban J connectivity index is 1.65. The number of rotatable bonds is 4. The van der Waals surface area contributed by atoms with Crippen molar-refractivity contribution in [2.75, 3.05) is 19.0 Å². The van der Waals surface area contributed by atoms with Crippen LogP contribution in [0.15, 0.2) is 24.3 Å². The monoisotopic (exact) mass is 305 g/mol. The van der Waals surface area contributed by atoms with Crippen LogP contribution >= 0.6 is 0 Å². The zero-order valence-corrected chi connectivity index (χ0v) is 12.4. The number of hydrogen-bond donors (Lipinski definition) is 4. The lowest BCUT2D eigenvalue weighted by Crippen LogP contribution is -2.64. The van der Waals surface area contributed by atoms with Crippen LogP contribution in [0, 0.1) is 0 Å². The first-order valence-corrected chi connectivity index (χ1v) is 7.17. The van der Waals surface area contributed by atoms with Crippen LogP contribution in [0.2, 0.25) is 0 Å². The van der Waals surface area contributed by atoms with Crippen LogP contribution in [0.4, 0.5) is 10.5 Å². The van der Waals surface area contributed by atoms with Crippen molar-refractivity contribution in [1.82, 2.24) is 20.9 Å². The van der Waals surface area contributed by atoms with Crippen LogP contribution in [0.25, 0.3) is 0 Å². The van der Waals surface area contributed by atoms with Gasteiger partial charge in [0.25, 0.3) is 0 Å². The number of benzene rings is 1. The third-order valence-electron chi connectivity index (χ3n) is 3.73. The first-order chi connectivity index (χ1) is 10.6. The minimum atomic E-state index is -0.483. The first-order valence-electron chi connectivity index (χ1n) is 7.17. The van der Waals surface area contributed by atoms with Gasteiger partial charge in [-0.15, -0.1) is 0 Å². The number of urea groups is 1. The van der Waals surface area contributed by atoms with Crippen molar-refractivity contribution in [1.29, 1.82) is 0 Å². The SMILES string of the molecule is CCOc1ccc(NC2NC3C(=O)NC(=O)N(C)C3N2)cc1. The number of amides is 3. The summed E-state index contributed by atoms with van der Waals surface area (Å²) < 4.78 is 5.39. The van der Waals surface area contributed by atoms with E-state index in [0.29, 0.717) is 6.61 Å². The summed E-state index contributed by atoms with van der Waals surface area (Å²) in [6.07, 6.45) is -0.687. The highest BCUT2D eigenvalue weighted by Gasteiger charge is 2.45. The van der Waals surface area contributed by atoms with E-state index in [1.807, 2.05) is 31.2 Å². The highest BCUT2D eigenvalue weighted by Crippen LogP contribution is 2.18. The Morgan fingerprint density at radius 3 is 2.64 bits per heavy atom. The van der Waals surface area contributed by atoms with Gasteiger partial charge in [-0.05, 0) is 31.2 Å². The highest BCUT2D eigenvalue weighted by atomic mass is 16.5. The van der Waals surface area contributed by atoms with E-state index < -0.39 is 12.1 Å². The molecule has 2 heterocycles. The average Bonchev–Trinajstić information content (AvgIpc) is 2.92. The Labute approximate surface area is 128 Å². The number of carbonyl (C=O) groups is 2. The van der Waals surface area contributed by atoms with Gasteiger partial charge in [0.15, 0.2) is 0 Å². The number of likely N-dealkylation sites (N-methyl/N-ethyl adjacent to an activating group) is 1. The predicted octanol–water partition coefficient (Wildman–Crippen LogP) is -0.150. The van der Waals surface area contributed by atoms with Gasteiger partial charge in [0.05, 0.1) is 6.61 Å². The van der Waals surface area contributed by atoms with Gasteiger partial charge in [-0.25, -0.2) is 4.79 Å². The zero-order chi connectivity index (χ0) is 15.7. The topological polar surface area (TPSA) is 94.7 Å². The molecule has 0 saturated carbocycles. The summed E-state index contributed by atoms with van der Waals surface area (Å²) >= 11 is 0. The molecule has 4 N–H and O–H groups in total. The molecule has 0 aromatic heterocycles. The third-order valence-corrected chi connectivity index (χ3v) is 3.73. The molecule has 3 unspecified atom stereocenters. The van der Waals surface area contributed by atoms with E-state index in [-0.39, 0.29) is 18.4 Å². The lowest BCUT2D eigenvalue weighted by atomic mass is 10.2. The molecule has 2 saturated heterocycles. The Morgan fingerprint density at radius 1 is 1.23 bits per heavy atom. The summed E-state index contributed by atoms with van der Waals surface area (Å²) in [5.74, 6) is 0.482. The molecule has 22 heavy (non-hydrogen) atoms. The Hall–Kier alpha value is -2.32. The predicted molar refractivity (Wildman–Crippen MR) is 80.2 cm³/mol. The summed E-state index contributed by atoms with van der Waals surface area (Å²) in [6, 6.07) is 6.65. The molecule has 8 nitrogen and oxygen atoms in total. The van der Waals surface area contributed by atoms with Crippen molar-refractivity contribution in [2.24, 2.45) is 0 Å². The van der Waals surface area contributed by atoms with Crippen LogP contribution < -0.4 is 26.0 Å². The molecule has 0 aliphatic carbocycles. The molecule has 0 spiro atoms. The van der Waals surface area contributed by atoms with Crippen LogP contribution in [-0.2, 0) is 4.79 Å². The Bertz CT molecular complexity index is 576. The fourth-order valence-corrected chi connectivity index (χ4v) is 2.60. The second-order valence-corrected chi connectivity index (χ2v) is 5.20. The van der Waals surface area contributed by atoms with Crippen LogP contribution in [0.1, 0.15) is 6.92 Å². The number of fused-ring (bicyclic) bond motifs is 1. The largest absolute Gasteiger partial charge is 0.494 e. The van der Waals surface area contributed by atoms with Crippen LogP contribution in [-0.4, -0.2) is 49.0 Å². The summed E-state index contributed by atoms with van der Waals surface area (Å²) in [4.78, 5) is 24.9. The van der Waals surface area contributed by atoms with E-state index >= 15 is 0 Å².